The van der Waals surface area contributed by atoms with Gasteiger partial charge in [0.1, 0.15) is 0 Å². The lowest BCUT2D eigenvalue weighted by molar-refractivity contribution is 0.482. The number of rotatable bonds is 7. The van der Waals surface area contributed by atoms with E-state index in [1.165, 1.54) is 81.2 Å². The molecule has 0 saturated heterocycles. The van der Waals surface area contributed by atoms with E-state index < -0.39 is 7.92 Å². The van der Waals surface area contributed by atoms with Crippen LogP contribution in [0.3, 0.4) is 0 Å². The van der Waals surface area contributed by atoms with E-state index in [1.807, 2.05) is 0 Å². The molecule has 2 aromatic carbocycles. The molecule has 2 fully saturated rings. The lowest BCUT2D eigenvalue weighted by atomic mass is 9.99. The molecule has 2 saturated carbocycles. The molecular formula is C31H40P2. The highest BCUT2D eigenvalue weighted by Gasteiger charge is 2.37. The third kappa shape index (κ3) is 5.55. The second-order valence-electron chi connectivity index (χ2n) is 10.3. The van der Waals surface area contributed by atoms with E-state index in [0.29, 0.717) is 0 Å². The SMILES string of the molecule is C[C@@H](C1=CC=C(P(c2ccccc2)c2ccccc2)C1)P(C1CCCCC1)C1CCCCC1. The first kappa shape index (κ1) is 23.5. The summed E-state index contributed by atoms with van der Waals surface area (Å²) in [6.45, 7) is 2.63. The van der Waals surface area contributed by atoms with Crippen molar-refractivity contribution in [1.82, 2.24) is 0 Å². The fraction of sp³-hybridized carbons (Fsp3) is 0.484. The van der Waals surface area contributed by atoms with E-state index in [1.54, 1.807) is 10.9 Å². The monoisotopic (exact) mass is 474 g/mol. The van der Waals surface area contributed by atoms with Crippen LogP contribution in [0.25, 0.3) is 0 Å². The Morgan fingerprint density at radius 2 is 1.12 bits per heavy atom. The van der Waals surface area contributed by atoms with Crippen LogP contribution in [0.15, 0.2) is 83.7 Å². The van der Waals surface area contributed by atoms with Gasteiger partial charge >= 0.3 is 0 Å². The quantitative estimate of drug-likeness (QED) is 0.352. The van der Waals surface area contributed by atoms with Crippen LogP contribution < -0.4 is 10.6 Å². The Bertz CT molecular complexity index is 876. The molecule has 3 aliphatic carbocycles. The molecule has 0 aliphatic heterocycles. The minimum absolute atomic E-state index is 0.0895. The minimum Gasteiger partial charge on any atom is -0.0932 e. The lowest BCUT2D eigenvalue weighted by Crippen LogP contribution is -2.26. The van der Waals surface area contributed by atoms with Gasteiger partial charge < -0.3 is 0 Å². The Morgan fingerprint density at radius 1 is 0.636 bits per heavy atom. The summed E-state index contributed by atoms with van der Waals surface area (Å²) < 4.78 is 0. The third-order valence-electron chi connectivity index (χ3n) is 8.17. The van der Waals surface area contributed by atoms with Crippen LogP contribution in [0, 0.1) is 0 Å². The highest BCUT2D eigenvalue weighted by Crippen LogP contribution is 2.62. The van der Waals surface area contributed by atoms with E-state index in [2.05, 4.69) is 79.7 Å². The predicted molar refractivity (Wildman–Crippen MR) is 150 cm³/mol. The molecule has 5 rings (SSSR count). The van der Waals surface area contributed by atoms with E-state index in [9.17, 15) is 0 Å². The molecule has 3 aliphatic rings. The Morgan fingerprint density at radius 3 is 1.61 bits per heavy atom. The van der Waals surface area contributed by atoms with Crippen molar-refractivity contribution in [3.63, 3.8) is 0 Å². The van der Waals surface area contributed by atoms with Gasteiger partial charge in [-0.15, -0.1) is 0 Å². The van der Waals surface area contributed by atoms with E-state index in [4.69, 9.17) is 0 Å². The van der Waals surface area contributed by atoms with Gasteiger partial charge in [0.2, 0.25) is 0 Å². The maximum Gasteiger partial charge on any atom is -0.00163 e. The Kier molecular flexibility index (Phi) is 8.18. The normalized spacial score (nSPS) is 21.3. The summed E-state index contributed by atoms with van der Waals surface area (Å²) in [6, 6.07) is 22.5. The molecular weight excluding hydrogens is 434 g/mol. The van der Waals surface area contributed by atoms with Crippen molar-refractivity contribution in [3.8, 4) is 0 Å². The van der Waals surface area contributed by atoms with Crippen LogP contribution in [0.1, 0.15) is 77.6 Å². The summed E-state index contributed by atoms with van der Waals surface area (Å²) in [5, 5.41) is 4.65. The summed E-state index contributed by atoms with van der Waals surface area (Å²) in [6.07, 6.45) is 21.2. The maximum absolute atomic E-state index is 2.63. The van der Waals surface area contributed by atoms with Crippen LogP contribution in [0.5, 0.6) is 0 Å². The van der Waals surface area contributed by atoms with E-state index in [-0.39, 0.29) is 7.92 Å². The van der Waals surface area contributed by atoms with Gasteiger partial charge in [-0.3, -0.25) is 0 Å². The zero-order valence-corrected chi connectivity index (χ0v) is 22.1. The molecule has 1 atom stereocenters. The van der Waals surface area contributed by atoms with Crippen LogP contribution in [0.4, 0.5) is 0 Å². The van der Waals surface area contributed by atoms with Crippen LogP contribution in [-0.2, 0) is 0 Å². The largest absolute Gasteiger partial charge is 0.0932 e. The van der Waals surface area contributed by atoms with Gasteiger partial charge in [-0.1, -0.05) is 132 Å². The second kappa shape index (κ2) is 11.5. The maximum atomic E-state index is 2.63. The summed E-state index contributed by atoms with van der Waals surface area (Å²) >= 11 is 0. The van der Waals surface area contributed by atoms with Gasteiger partial charge in [0, 0.05) is 0 Å². The first-order valence-electron chi connectivity index (χ1n) is 13.4. The van der Waals surface area contributed by atoms with Crippen LogP contribution in [0.2, 0.25) is 0 Å². The van der Waals surface area contributed by atoms with Crippen molar-refractivity contribution < 1.29 is 0 Å². The first-order chi connectivity index (χ1) is 16.3. The van der Waals surface area contributed by atoms with Crippen molar-refractivity contribution in [1.29, 1.82) is 0 Å². The fourth-order valence-corrected chi connectivity index (χ4v) is 13.3. The molecule has 2 aromatic rings. The summed E-state index contributed by atoms with van der Waals surface area (Å²) in [5.41, 5.74) is 4.61. The Balaban J connectivity index is 1.37. The molecule has 174 valence electrons. The standard InChI is InChI=1S/C31H40P2/c1-25(32(27-14-6-2-7-15-27)28-16-8-3-9-17-28)26-22-23-31(24-26)33(29-18-10-4-11-19-29)30-20-12-5-13-21-30/h4-5,10-13,18-23,25,27-28H,2-3,6-9,14-17,24H2,1H3/t25-/m0/s1. The third-order valence-corrected chi connectivity index (χ3v) is 14.6. The molecule has 0 nitrogen and oxygen atoms in total. The summed E-state index contributed by atoms with van der Waals surface area (Å²) in [4.78, 5) is 0. The molecule has 2 heteroatoms. The first-order valence-corrected chi connectivity index (χ1v) is 16.3. The zero-order chi connectivity index (χ0) is 22.5. The average molecular weight is 475 g/mol. The minimum atomic E-state index is -0.435. The van der Waals surface area contributed by atoms with Gasteiger partial charge in [0.15, 0.2) is 0 Å². The smallest absolute Gasteiger partial charge is 0.00163 e. The van der Waals surface area contributed by atoms with Crippen molar-refractivity contribution in [2.24, 2.45) is 0 Å². The molecule has 0 aromatic heterocycles. The topological polar surface area (TPSA) is 0 Å². The molecule has 0 bridgehead atoms. The fourth-order valence-electron chi connectivity index (χ4n) is 6.49. The van der Waals surface area contributed by atoms with Gasteiger partial charge in [-0.05, 0) is 72.9 Å². The molecule has 33 heavy (non-hydrogen) atoms. The van der Waals surface area contributed by atoms with Crippen molar-refractivity contribution in [2.75, 3.05) is 0 Å². The zero-order valence-electron chi connectivity index (χ0n) is 20.3. The molecule has 0 N–H and O–H groups in total. The Labute approximate surface area is 204 Å². The van der Waals surface area contributed by atoms with Gasteiger partial charge in [0.05, 0.1) is 0 Å². The molecule has 0 radical (unpaired) electrons. The van der Waals surface area contributed by atoms with Gasteiger partial charge in [-0.25, -0.2) is 0 Å². The van der Waals surface area contributed by atoms with E-state index >= 15 is 0 Å². The molecule has 0 heterocycles. The van der Waals surface area contributed by atoms with Gasteiger partial charge in [-0.2, -0.15) is 0 Å². The summed E-state index contributed by atoms with van der Waals surface area (Å²) in [7, 11) is -0.346. The molecule has 0 spiro atoms. The average Bonchev–Trinajstić information content (AvgIpc) is 3.37. The number of hydrogen-bond acceptors (Lipinski definition) is 0. The highest BCUT2D eigenvalue weighted by molar-refractivity contribution is 7.76. The van der Waals surface area contributed by atoms with Crippen LogP contribution >= 0.6 is 15.8 Å². The van der Waals surface area contributed by atoms with Gasteiger partial charge in [0.25, 0.3) is 0 Å². The molecule has 0 unspecified atom stereocenters. The van der Waals surface area contributed by atoms with Crippen molar-refractivity contribution >= 4 is 26.5 Å². The summed E-state index contributed by atoms with van der Waals surface area (Å²) in [5.74, 6) is 0. The highest BCUT2D eigenvalue weighted by atomic mass is 31.1. The lowest BCUT2D eigenvalue weighted by Gasteiger charge is -2.42. The van der Waals surface area contributed by atoms with Crippen molar-refractivity contribution in [3.05, 3.63) is 83.7 Å². The molecule has 0 amide bonds. The number of benzene rings is 2. The predicted octanol–water partition coefficient (Wildman–Crippen LogP) is 8.87. The second-order valence-corrected chi connectivity index (χ2v) is 15.7. The number of hydrogen-bond donors (Lipinski definition) is 0. The number of allylic oxidation sites excluding steroid dienone is 4. The Hall–Kier alpha value is -1.22. The van der Waals surface area contributed by atoms with Crippen LogP contribution in [-0.4, -0.2) is 17.0 Å². The van der Waals surface area contributed by atoms with E-state index in [0.717, 1.165) is 17.0 Å². The van der Waals surface area contributed by atoms with Crippen molar-refractivity contribution in [2.45, 2.75) is 94.5 Å².